The standard InChI is InChI=1S/C10H17NO4/c1-10(2,3)9-8(14)7(13)6(12)5(4-11)15-9/h5-9,12-14H,1-3H3/t5-,6?,7?,8?,9?/m0/s1. The predicted molar refractivity (Wildman–Crippen MR) is 51.7 cm³/mol. The van der Waals surface area contributed by atoms with Gasteiger partial charge in [-0.05, 0) is 5.41 Å². The number of rotatable bonds is 0. The van der Waals surface area contributed by atoms with Crippen molar-refractivity contribution in [3.63, 3.8) is 0 Å². The molecule has 0 aromatic heterocycles. The van der Waals surface area contributed by atoms with Crippen LogP contribution >= 0.6 is 0 Å². The molecule has 1 fully saturated rings. The number of hydrogen-bond acceptors (Lipinski definition) is 5. The molecule has 1 rings (SSSR count). The molecule has 0 radical (unpaired) electrons. The number of nitrogens with zero attached hydrogens (tertiary/aromatic N) is 1. The molecule has 1 saturated heterocycles. The van der Waals surface area contributed by atoms with Gasteiger partial charge in [-0.15, -0.1) is 0 Å². The van der Waals surface area contributed by atoms with Crippen molar-refractivity contribution in [3.8, 4) is 6.07 Å². The van der Waals surface area contributed by atoms with Crippen molar-refractivity contribution in [3.05, 3.63) is 0 Å². The molecular formula is C10H17NO4. The molecule has 0 aromatic carbocycles. The number of aliphatic hydroxyl groups excluding tert-OH is 3. The van der Waals surface area contributed by atoms with Gasteiger partial charge < -0.3 is 20.1 Å². The highest BCUT2D eigenvalue weighted by Gasteiger charge is 2.47. The molecule has 0 amide bonds. The topological polar surface area (TPSA) is 93.7 Å². The van der Waals surface area contributed by atoms with Crippen LogP contribution in [-0.2, 0) is 4.74 Å². The lowest BCUT2D eigenvalue weighted by molar-refractivity contribution is -0.230. The van der Waals surface area contributed by atoms with Crippen LogP contribution in [0.1, 0.15) is 20.8 Å². The van der Waals surface area contributed by atoms with Crippen molar-refractivity contribution in [2.24, 2.45) is 5.41 Å². The second kappa shape index (κ2) is 4.06. The average Bonchev–Trinajstić information content (AvgIpc) is 2.13. The molecule has 0 saturated carbocycles. The summed E-state index contributed by atoms with van der Waals surface area (Å²) < 4.78 is 5.27. The maximum atomic E-state index is 9.71. The van der Waals surface area contributed by atoms with E-state index < -0.39 is 35.9 Å². The number of ether oxygens (including phenoxy) is 1. The summed E-state index contributed by atoms with van der Waals surface area (Å²) in [4.78, 5) is 0. The molecule has 4 unspecified atom stereocenters. The summed E-state index contributed by atoms with van der Waals surface area (Å²) in [5, 5.41) is 37.4. The number of aliphatic hydroxyl groups is 3. The normalized spacial score (nSPS) is 42.3. The lowest BCUT2D eigenvalue weighted by Crippen LogP contribution is -2.60. The summed E-state index contributed by atoms with van der Waals surface area (Å²) >= 11 is 0. The molecule has 1 aliphatic rings. The second-order valence-corrected chi connectivity index (χ2v) is 4.94. The van der Waals surface area contributed by atoms with Gasteiger partial charge in [0.25, 0.3) is 0 Å². The predicted octanol–water partition coefficient (Wildman–Crippen LogP) is -0.594. The van der Waals surface area contributed by atoms with Crippen LogP contribution < -0.4 is 0 Å². The molecule has 1 heterocycles. The Balaban J connectivity index is 2.90. The summed E-state index contributed by atoms with van der Waals surface area (Å²) in [6.45, 7) is 5.50. The summed E-state index contributed by atoms with van der Waals surface area (Å²) in [6.07, 6.45) is -5.63. The SMILES string of the molecule is CC(C)(C)C1O[C@@H](C#N)C(O)C(O)C1O. The fourth-order valence-corrected chi connectivity index (χ4v) is 1.70. The molecule has 0 spiro atoms. The molecule has 0 bridgehead atoms. The first kappa shape index (κ1) is 12.4. The second-order valence-electron chi connectivity index (χ2n) is 4.94. The lowest BCUT2D eigenvalue weighted by atomic mass is 9.80. The number of nitriles is 1. The Kier molecular flexibility index (Phi) is 3.36. The Labute approximate surface area is 88.9 Å². The molecule has 15 heavy (non-hydrogen) atoms. The van der Waals surface area contributed by atoms with E-state index >= 15 is 0 Å². The maximum Gasteiger partial charge on any atom is 0.172 e. The molecule has 86 valence electrons. The van der Waals surface area contributed by atoms with Crippen molar-refractivity contribution in [1.29, 1.82) is 5.26 Å². The Morgan fingerprint density at radius 2 is 1.60 bits per heavy atom. The van der Waals surface area contributed by atoms with Crippen molar-refractivity contribution >= 4 is 0 Å². The van der Waals surface area contributed by atoms with Crippen LogP contribution in [-0.4, -0.2) is 45.8 Å². The third-order valence-electron chi connectivity index (χ3n) is 2.59. The molecule has 1 aliphatic heterocycles. The molecular weight excluding hydrogens is 198 g/mol. The first-order valence-corrected chi connectivity index (χ1v) is 4.88. The first-order valence-electron chi connectivity index (χ1n) is 4.88. The van der Waals surface area contributed by atoms with Gasteiger partial charge >= 0.3 is 0 Å². The van der Waals surface area contributed by atoms with E-state index in [0.717, 1.165) is 0 Å². The minimum atomic E-state index is -1.36. The molecule has 0 aromatic rings. The van der Waals surface area contributed by atoms with Gasteiger partial charge in [-0.1, -0.05) is 20.8 Å². The van der Waals surface area contributed by atoms with Gasteiger partial charge in [0, 0.05) is 0 Å². The third kappa shape index (κ3) is 2.29. The van der Waals surface area contributed by atoms with Crippen molar-refractivity contribution in [1.82, 2.24) is 0 Å². The van der Waals surface area contributed by atoms with Gasteiger partial charge in [0.15, 0.2) is 6.10 Å². The van der Waals surface area contributed by atoms with E-state index in [1.165, 1.54) is 0 Å². The molecule has 5 nitrogen and oxygen atoms in total. The maximum absolute atomic E-state index is 9.71. The van der Waals surface area contributed by atoms with Crippen LogP contribution in [0.4, 0.5) is 0 Å². The van der Waals surface area contributed by atoms with E-state index in [2.05, 4.69) is 0 Å². The van der Waals surface area contributed by atoms with E-state index in [1.54, 1.807) is 6.07 Å². The van der Waals surface area contributed by atoms with Crippen LogP contribution in [0.15, 0.2) is 0 Å². The van der Waals surface area contributed by atoms with Crippen LogP contribution in [0.3, 0.4) is 0 Å². The van der Waals surface area contributed by atoms with Gasteiger partial charge in [0.2, 0.25) is 0 Å². The van der Waals surface area contributed by atoms with Crippen LogP contribution in [0.2, 0.25) is 0 Å². The van der Waals surface area contributed by atoms with Gasteiger partial charge in [0.1, 0.15) is 18.3 Å². The Bertz CT molecular complexity index is 268. The molecule has 5 heteroatoms. The van der Waals surface area contributed by atoms with Gasteiger partial charge in [-0.3, -0.25) is 0 Å². The third-order valence-corrected chi connectivity index (χ3v) is 2.59. The largest absolute Gasteiger partial charge is 0.388 e. The van der Waals surface area contributed by atoms with Gasteiger partial charge in [0.05, 0.1) is 12.2 Å². The van der Waals surface area contributed by atoms with Gasteiger partial charge in [-0.2, -0.15) is 5.26 Å². The van der Waals surface area contributed by atoms with Crippen LogP contribution in [0.25, 0.3) is 0 Å². The Morgan fingerprint density at radius 1 is 1.07 bits per heavy atom. The van der Waals surface area contributed by atoms with Gasteiger partial charge in [-0.25, -0.2) is 0 Å². The monoisotopic (exact) mass is 215 g/mol. The van der Waals surface area contributed by atoms with E-state index in [4.69, 9.17) is 10.00 Å². The quantitative estimate of drug-likeness (QED) is 0.502. The molecule has 3 N–H and O–H groups in total. The highest BCUT2D eigenvalue weighted by molar-refractivity contribution is 5.03. The molecule has 0 aliphatic carbocycles. The minimum Gasteiger partial charge on any atom is -0.388 e. The lowest BCUT2D eigenvalue weighted by Gasteiger charge is -2.43. The van der Waals surface area contributed by atoms with E-state index in [9.17, 15) is 15.3 Å². The van der Waals surface area contributed by atoms with E-state index in [-0.39, 0.29) is 0 Å². The first-order chi connectivity index (χ1) is 6.79. The van der Waals surface area contributed by atoms with Crippen molar-refractivity contribution < 1.29 is 20.1 Å². The zero-order chi connectivity index (χ0) is 11.8. The zero-order valence-corrected chi connectivity index (χ0v) is 9.08. The summed E-state index contributed by atoms with van der Waals surface area (Å²) in [6, 6.07) is 1.76. The van der Waals surface area contributed by atoms with Crippen molar-refractivity contribution in [2.75, 3.05) is 0 Å². The van der Waals surface area contributed by atoms with E-state index in [1.807, 2.05) is 20.8 Å². The fraction of sp³-hybridized carbons (Fsp3) is 0.900. The number of hydrogen-bond donors (Lipinski definition) is 3. The summed E-state index contributed by atoms with van der Waals surface area (Å²) in [7, 11) is 0. The summed E-state index contributed by atoms with van der Waals surface area (Å²) in [5.41, 5.74) is -0.407. The van der Waals surface area contributed by atoms with E-state index in [0.29, 0.717) is 0 Å². The highest BCUT2D eigenvalue weighted by atomic mass is 16.5. The fourth-order valence-electron chi connectivity index (χ4n) is 1.70. The van der Waals surface area contributed by atoms with Crippen LogP contribution in [0, 0.1) is 16.7 Å². The van der Waals surface area contributed by atoms with Crippen LogP contribution in [0.5, 0.6) is 0 Å². The summed E-state index contributed by atoms with van der Waals surface area (Å²) in [5.74, 6) is 0. The van der Waals surface area contributed by atoms with Crippen molar-refractivity contribution in [2.45, 2.75) is 51.3 Å². The highest BCUT2D eigenvalue weighted by Crippen LogP contribution is 2.32. The minimum absolute atomic E-state index is 0.407. The average molecular weight is 215 g/mol. The Morgan fingerprint density at radius 3 is 2.00 bits per heavy atom. The Hall–Kier alpha value is -0.670. The zero-order valence-electron chi connectivity index (χ0n) is 9.08. The smallest absolute Gasteiger partial charge is 0.172 e. The molecule has 5 atom stereocenters.